The molecule has 0 aliphatic carbocycles. The Bertz CT molecular complexity index is 645. The molecule has 1 aliphatic heterocycles. The predicted molar refractivity (Wildman–Crippen MR) is 82.6 cm³/mol. The molecule has 5 nitrogen and oxygen atoms in total. The highest BCUT2D eigenvalue weighted by Crippen LogP contribution is 2.22. The van der Waals surface area contributed by atoms with Gasteiger partial charge in [-0.15, -0.1) is 0 Å². The third kappa shape index (κ3) is 4.06. The Hall–Kier alpha value is -1.37. The van der Waals surface area contributed by atoms with E-state index in [4.69, 9.17) is 11.6 Å². The van der Waals surface area contributed by atoms with E-state index in [0.717, 1.165) is 11.8 Å². The molecule has 0 bridgehead atoms. The summed E-state index contributed by atoms with van der Waals surface area (Å²) in [7, 11) is -3.41. The molecule has 1 amide bonds. The van der Waals surface area contributed by atoms with Gasteiger partial charge in [0.05, 0.1) is 10.6 Å². The fourth-order valence-corrected chi connectivity index (χ4v) is 3.08. The summed E-state index contributed by atoms with van der Waals surface area (Å²) >= 11 is 6.02. The molecule has 0 aromatic heterocycles. The van der Waals surface area contributed by atoms with E-state index in [1.165, 1.54) is 0 Å². The minimum absolute atomic E-state index is 0.103. The Labute approximate surface area is 129 Å². The zero-order valence-electron chi connectivity index (χ0n) is 11.5. The summed E-state index contributed by atoms with van der Waals surface area (Å²) < 4.78 is 25.1. The highest BCUT2D eigenvalue weighted by atomic mass is 35.5. The van der Waals surface area contributed by atoms with Crippen molar-refractivity contribution >= 4 is 27.5 Å². The lowest BCUT2D eigenvalue weighted by atomic mass is 10.1. The van der Waals surface area contributed by atoms with Gasteiger partial charge in [0.15, 0.2) is 0 Å². The van der Waals surface area contributed by atoms with E-state index in [0.29, 0.717) is 30.2 Å². The van der Waals surface area contributed by atoms with Crippen LogP contribution in [0.5, 0.6) is 0 Å². The number of nitrogens with zero attached hydrogens (tertiary/aromatic N) is 1. The van der Waals surface area contributed by atoms with Crippen molar-refractivity contribution < 1.29 is 13.2 Å². The van der Waals surface area contributed by atoms with Gasteiger partial charge in [0.25, 0.3) is 5.91 Å². The molecule has 1 atom stereocenters. The fourth-order valence-electron chi connectivity index (χ4n) is 2.28. The average molecular weight is 329 g/mol. The maximum absolute atomic E-state index is 12.4. The molecule has 1 aromatic rings. The highest BCUT2D eigenvalue weighted by molar-refractivity contribution is 7.92. The predicted octanol–water partition coefficient (Wildman–Crippen LogP) is 1.86. The van der Waals surface area contributed by atoms with Gasteiger partial charge < -0.3 is 4.90 Å². The van der Waals surface area contributed by atoms with Gasteiger partial charge in [-0.1, -0.05) is 30.3 Å². The first-order valence-corrected chi connectivity index (χ1v) is 8.51. The largest absolute Gasteiger partial charge is 0.338 e. The Balaban J connectivity index is 1.95. The van der Waals surface area contributed by atoms with Gasteiger partial charge in [0, 0.05) is 25.0 Å². The third-order valence-corrected chi connectivity index (χ3v) is 4.81. The molecule has 0 spiro atoms. The molecule has 21 heavy (non-hydrogen) atoms. The lowest BCUT2D eigenvalue weighted by Crippen LogP contribution is -2.32. The minimum atomic E-state index is -3.41. The van der Waals surface area contributed by atoms with Crippen LogP contribution in [0.2, 0.25) is 5.02 Å². The average Bonchev–Trinajstić information content (AvgIpc) is 2.94. The summed E-state index contributed by atoms with van der Waals surface area (Å²) in [6, 6.07) is 6.92. The van der Waals surface area contributed by atoms with Crippen LogP contribution < -0.4 is 4.72 Å². The number of sulfonamides is 1. The van der Waals surface area contributed by atoms with Crippen LogP contribution in [-0.2, 0) is 10.0 Å². The van der Waals surface area contributed by atoms with Crippen molar-refractivity contribution in [3.05, 3.63) is 46.8 Å². The van der Waals surface area contributed by atoms with Crippen molar-refractivity contribution in [2.75, 3.05) is 19.6 Å². The van der Waals surface area contributed by atoms with Crippen molar-refractivity contribution in [2.45, 2.75) is 6.42 Å². The first-order chi connectivity index (χ1) is 9.93. The Morgan fingerprint density at radius 3 is 2.86 bits per heavy atom. The smallest absolute Gasteiger partial charge is 0.255 e. The molecule has 1 heterocycles. The number of hydrogen-bond donors (Lipinski definition) is 1. The third-order valence-electron chi connectivity index (χ3n) is 3.47. The summed E-state index contributed by atoms with van der Waals surface area (Å²) in [4.78, 5) is 14.1. The molecule has 1 N–H and O–H groups in total. The van der Waals surface area contributed by atoms with Gasteiger partial charge >= 0.3 is 0 Å². The van der Waals surface area contributed by atoms with E-state index in [9.17, 15) is 13.2 Å². The van der Waals surface area contributed by atoms with Gasteiger partial charge in [-0.05, 0) is 24.5 Å². The Morgan fingerprint density at radius 2 is 2.19 bits per heavy atom. The molecule has 1 fully saturated rings. The molecule has 1 aromatic carbocycles. The molecule has 0 radical (unpaired) electrons. The molecule has 114 valence electrons. The van der Waals surface area contributed by atoms with E-state index in [1.54, 1.807) is 29.2 Å². The first kappa shape index (κ1) is 16.0. The standard InChI is InChI=1S/C14H17ClN2O3S/c1-2-21(19,20)16-9-11-7-8-17(10-11)14(18)12-5-3-4-6-13(12)15/h2-6,11,16H,1,7-10H2. The Kier molecular flexibility index (Phi) is 5.03. The molecule has 7 heteroatoms. The van der Waals surface area contributed by atoms with Gasteiger partial charge in [-0.25, -0.2) is 13.1 Å². The molecule has 0 saturated carbocycles. The van der Waals surface area contributed by atoms with Gasteiger partial charge in [0.1, 0.15) is 0 Å². The first-order valence-electron chi connectivity index (χ1n) is 6.59. The zero-order valence-corrected chi connectivity index (χ0v) is 13.0. The summed E-state index contributed by atoms with van der Waals surface area (Å²) in [5.41, 5.74) is 0.478. The molecular weight excluding hydrogens is 312 g/mol. The van der Waals surface area contributed by atoms with Crippen LogP contribution in [0.15, 0.2) is 36.3 Å². The number of benzene rings is 1. The lowest BCUT2D eigenvalue weighted by Gasteiger charge is -2.17. The SMILES string of the molecule is C=CS(=O)(=O)NCC1CCN(C(=O)c2ccccc2Cl)C1. The maximum Gasteiger partial charge on any atom is 0.255 e. The van der Waals surface area contributed by atoms with Crippen LogP contribution in [0.1, 0.15) is 16.8 Å². The van der Waals surface area contributed by atoms with Crippen LogP contribution in [-0.4, -0.2) is 38.9 Å². The molecule has 2 rings (SSSR count). The lowest BCUT2D eigenvalue weighted by molar-refractivity contribution is 0.0787. The number of carbonyl (C=O) groups is 1. The van der Waals surface area contributed by atoms with Gasteiger partial charge in [-0.2, -0.15) is 0 Å². The van der Waals surface area contributed by atoms with Gasteiger partial charge in [-0.3, -0.25) is 4.79 Å². The quantitative estimate of drug-likeness (QED) is 0.897. The molecule has 1 unspecified atom stereocenters. The molecule has 1 aliphatic rings. The van der Waals surface area contributed by atoms with E-state index in [-0.39, 0.29) is 11.8 Å². The minimum Gasteiger partial charge on any atom is -0.338 e. The number of amides is 1. The van der Waals surface area contributed by atoms with Crippen molar-refractivity contribution in [1.29, 1.82) is 0 Å². The zero-order chi connectivity index (χ0) is 15.5. The number of carbonyl (C=O) groups excluding carboxylic acids is 1. The van der Waals surface area contributed by atoms with Crippen LogP contribution >= 0.6 is 11.6 Å². The summed E-state index contributed by atoms with van der Waals surface area (Å²) in [5, 5.41) is 1.31. The number of hydrogen-bond acceptors (Lipinski definition) is 3. The number of rotatable bonds is 5. The van der Waals surface area contributed by atoms with E-state index in [1.807, 2.05) is 0 Å². The summed E-state index contributed by atoms with van der Waals surface area (Å²) in [6.07, 6.45) is 0.760. The topological polar surface area (TPSA) is 66.5 Å². The number of likely N-dealkylation sites (tertiary alicyclic amines) is 1. The summed E-state index contributed by atoms with van der Waals surface area (Å²) in [6.45, 7) is 4.67. The van der Waals surface area contributed by atoms with Crippen molar-refractivity contribution in [1.82, 2.24) is 9.62 Å². The number of halogens is 1. The van der Waals surface area contributed by atoms with E-state index >= 15 is 0 Å². The highest BCUT2D eigenvalue weighted by Gasteiger charge is 2.28. The molecule has 1 saturated heterocycles. The Morgan fingerprint density at radius 1 is 1.48 bits per heavy atom. The second kappa shape index (κ2) is 6.60. The van der Waals surface area contributed by atoms with Gasteiger partial charge in [0.2, 0.25) is 10.0 Å². The molecular formula is C14H17ClN2O3S. The van der Waals surface area contributed by atoms with Crippen molar-refractivity contribution in [2.24, 2.45) is 5.92 Å². The van der Waals surface area contributed by atoms with Crippen LogP contribution in [0, 0.1) is 5.92 Å². The second-order valence-electron chi connectivity index (χ2n) is 4.95. The van der Waals surface area contributed by atoms with E-state index < -0.39 is 10.0 Å². The summed E-state index contributed by atoms with van der Waals surface area (Å²) in [5.74, 6) is -0.0131. The van der Waals surface area contributed by atoms with E-state index in [2.05, 4.69) is 11.3 Å². The fraction of sp³-hybridized carbons (Fsp3) is 0.357. The maximum atomic E-state index is 12.4. The normalized spacial score (nSPS) is 18.7. The second-order valence-corrected chi connectivity index (χ2v) is 7.07. The van der Waals surface area contributed by atoms with Crippen LogP contribution in [0.3, 0.4) is 0 Å². The van der Waals surface area contributed by atoms with Crippen molar-refractivity contribution in [3.63, 3.8) is 0 Å². The monoisotopic (exact) mass is 328 g/mol. The number of nitrogens with one attached hydrogen (secondary N) is 1. The van der Waals surface area contributed by atoms with Crippen LogP contribution in [0.4, 0.5) is 0 Å². The van der Waals surface area contributed by atoms with Crippen molar-refractivity contribution in [3.8, 4) is 0 Å². The van der Waals surface area contributed by atoms with Crippen LogP contribution in [0.25, 0.3) is 0 Å².